The number of aliphatic hydroxyl groups excluding tert-OH is 1. The van der Waals surface area contributed by atoms with Gasteiger partial charge in [0.05, 0.1) is 25.4 Å². The van der Waals surface area contributed by atoms with E-state index in [0.29, 0.717) is 12.8 Å². The molecule has 0 heterocycles. The van der Waals surface area contributed by atoms with Gasteiger partial charge in [0.2, 0.25) is 5.91 Å². The molecule has 0 saturated heterocycles. The molecular formula is C30H61N2O6P. The van der Waals surface area contributed by atoms with Crippen molar-refractivity contribution in [2.24, 2.45) is 5.73 Å². The number of allylic oxidation sites excluding steroid dienone is 2. The minimum absolute atomic E-state index is 0.0883. The van der Waals surface area contributed by atoms with Crippen LogP contribution in [0.15, 0.2) is 12.2 Å². The van der Waals surface area contributed by atoms with Gasteiger partial charge in [0.25, 0.3) is 0 Å². The first kappa shape index (κ1) is 38.2. The molecule has 3 unspecified atom stereocenters. The van der Waals surface area contributed by atoms with Crippen molar-refractivity contribution in [3.05, 3.63) is 12.2 Å². The van der Waals surface area contributed by atoms with Gasteiger partial charge in [-0.15, -0.1) is 0 Å². The maximum Gasteiger partial charge on any atom is 0.472 e. The Morgan fingerprint density at radius 2 is 1.38 bits per heavy atom. The van der Waals surface area contributed by atoms with E-state index >= 15 is 0 Å². The average Bonchev–Trinajstić information content (AvgIpc) is 2.91. The van der Waals surface area contributed by atoms with E-state index in [1.54, 1.807) is 0 Å². The predicted octanol–water partition coefficient (Wildman–Crippen LogP) is 7.32. The maximum absolute atomic E-state index is 12.6. The van der Waals surface area contributed by atoms with Crippen molar-refractivity contribution < 1.29 is 28.4 Å². The molecule has 5 N–H and O–H groups in total. The summed E-state index contributed by atoms with van der Waals surface area (Å²) < 4.78 is 21.9. The van der Waals surface area contributed by atoms with E-state index in [1.807, 2.05) is 0 Å². The number of carbonyl (C=O) groups is 1. The summed E-state index contributed by atoms with van der Waals surface area (Å²) in [6.45, 7) is 4.09. The second kappa shape index (κ2) is 27.4. The van der Waals surface area contributed by atoms with E-state index < -0.39 is 20.0 Å². The molecule has 0 aliphatic heterocycles. The van der Waals surface area contributed by atoms with Gasteiger partial charge in [-0.2, -0.15) is 0 Å². The first-order chi connectivity index (χ1) is 18.9. The van der Waals surface area contributed by atoms with E-state index in [-0.39, 0.29) is 25.7 Å². The first-order valence-corrected chi connectivity index (χ1v) is 17.3. The Morgan fingerprint density at radius 3 is 2.00 bits per heavy atom. The summed E-state index contributed by atoms with van der Waals surface area (Å²) in [5.74, 6) is -0.177. The lowest BCUT2D eigenvalue weighted by Crippen LogP contribution is -2.46. The van der Waals surface area contributed by atoms with Crippen molar-refractivity contribution in [1.29, 1.82) is 0 Å². The molecule has 0 aromatic heterocycles. The molecule has 0 bridgehead atoms. The van der Waals surface area contributed by atoms with Gasteiger partial charge >= 0.3 is 7.82 Å². The van der Waals surface area contributed by atoms with Crippen LogP contribution in [0.5, 0.6) is 0 Å². The van der Waals surface area contributed by atoms with E-state index in [1.165, 1.54) is 57.8 Å². The van der Waals surface area contributed by atoms with Crippen LogP contribution in [-0.4, -0.2) is 47.8 Å². The first-order valence-electron chi connectivity index (χ1n) is 15.8. The molecule has 0 aromatic carbocycles. The number of phosphoric ester groups is 1. The molecule has 3 atom stereocenters. The van der Waals surface area contributed by atoms with Gasteiger partial charge in [-0.25, -0.2) is 4.57 Å². The quantitative estimate of drug-likeness (QED) is 0.0417. The molecule has 0 spiro atoms. The number of hydrogen-bond donors (Lipinski definition) is 4. The van der Waals surface area contributed by atoms with Crippen molar-refractivity contribution in [2.45, 2.75) is 154 Å². The van der Waals surface area contributed by atoms with Crippen molar-refractivity contribution in [1.82, 2.24) is 5.32 Å². The van der Waals surface area contributed by atoms with Crippen molar-refractivity contribution in [3.63, 3.8) is 0 Å². The summed E-state index contributed by atoms with van der Waals surface area (Å²) in [4.78, 5) is 22.4. The van der Waals surface area contributed by atoms with Gasteiger partial charge < -0.3 is 21.1 Å². The van der Waals surface area contributed by atoms with Crippen molar-refractivity contribution in [3.8, 4) is 0 Å². The third-order valence-corrected chi connectivity index (χ3v) is 7.83. The zero-order valence-corrected chi connectivity index (χ0v) is 26.0. The van der Waals surface area contributed by atoms with Crippen molar-refractivity contribution >= 4 is 13.7 Å². The number of rotatable bonds is 29. The molecule has 0 aliphatic rings. The van der Waals surface area contributed by atoms with Crippen LogP contribution in [0.4, 0.5) is 0 Å². The molecule has 0 radical (unpaired) electrons. The Morgan fingerprint density at radius 1 is 0.821 bits per heavy atom. The van der Waals surface area contributed by atoms with Crippen LogP contribution in [0.2, 0.25) is 0 Å². The lowest BCUT2D eigenvalue weighted by molar-refractivity contribution is -0.123. The molecule has 0 aromatic rings. The molecule has 9 heteroatoms. The number of amides is 1. The second-order valence-electron chi connectivity index (χ2n) is 10.7. The van der Waals surface area contributed by atoms with E-state index in [2.05, 4.69) is 31.3 Å². The van der Waals surface area contributed by atoms with Gasteiger partial charge in [0.1, 0.15) is 0 Å². The number of nitrogens with two attached hydrogens (primary N) is 1. The summed E-state index contributed by atoms with van der Waals surface area (Å²) in [6.07, 6.45) is 25.1. The minimum atomic E-state index is -4.29. The molecule has 0 saturated carbocycles. The highest BCUT2D eigenvalue weighted by Crippen LogP contribution is 2.43. The zero-order chi connectivity index (χ0) is 29.0. The Kier molecular flexibility index (Phi) is 26.9. The van der Waals surface area contributed by atoms with Crippen LogP contribution in [0.3, 0.4) is 0 Å². The van der Waals surface area contributed by atoms with Gasteiger partial charge in [-0.05, 0) is 32.1 Å². The molecule has 0 rings (SSSR count). The Bertz CT molecular complexity index is 635. The number of phosphoric acid groups is 1. The number of aliphatic hydroxyl groups is 1. The van der Waals surface area contributed by atoms with Crippen LogP contribution < -0.4 is 11.1 Å². The molecule has 39 heavy (non-hydrogen) atoms. The normalized spacial score (nSPS) is 14.9. The molecule has 8 nitrogen and oxygen atoms in total. The molecule has 0 fully saturated rings. The molecule has 0 aliphatic carbocycles. The fourth-order valence-corrected chi connectivity index (χ4v) is 5.19. The van der Waals surface area contributed by atoms with Gasteiger partial charge in [0, 0.05) is 13.0 Å². The fourth-order valence-electron chi connectivity index (χ4n) is 4.43. The largest absolute Gasteiger partial charge is 0.472 e. The number of nitrogens with one attached hydrogen (secondary N) is 1. The van der Waals surface area contributed by atoms with E-state index in [4.69, 9.17) is 14.8 Å². The monoisotopic (exact) mass is 576 g/mol. The lowest BCUT2D eigenvalue weighted by atomic mass is 10.0. The second-order valence-corrected chi connectivity index (χ2v) is 12.1. The highest BCUT2D eigenvalue weighted by Gasteiger charge is 2.27. The van der Waals surface area contributed by atoms with Gasteiger partial charge in [0.15, 0.2) is 0 Å². The van der Waals surface area contributed by atoms with Gasteiger partial charge in [-0.1, -0.05) is 116 Å². The third kappa shape index (κ3) is 25.9. The highest BCUT2D eigenvalue weighted by atomic mass is 31.2. The Labute approximate surface area is 239 Å². The predicted molar refractivity (Wildman–Crippen MR) is 162 cm³/mol. The highest BCUT2D eigenvalue weighted by molar-refractivity contribution is 7.47. The minimum Gasteiger partial charge on any atom is -0.391 e. The Hall–Kier alpha value is -0.760. The third-order valence-electron chi connectivity index (χ3n) is 6.85. The summed E-state index contributed by atoms with van der Waals surface area (Å²) in [6, 6.07) is -0.770. The number of unbranched alkanes of at least 4 members (excludes halogenated alkanes) is 15. The molecule has 1 amide bonds. The standard InChI is InChI=1S/C30H61N2O6P/c1-3-5-7-9-11-13-15-17-19-21-23-29(33)28(27-38-39(35,36)37-26-25-31)32-30(34)24-22-20-18-16-14-12-10-8-6-4-2/h8,10,28-29,33H,3-7,9,11-27,31H2,1-2H3,(H,32,34)(H,35,36)/b10-8-. The SMILES string of the molecule is CCC/C=C\CCCCCCCC(=O)NC(COP(=O)(O)OCCN)C(O)CCCCCCCCCCCC. The van der Waals surface area contributed by atoms with Crippen LogP contribution in [0.1, 0.15) is 142 Å². The van der Waals surface area contributed by atoms with Crippen LogP contribution in [0, 0.1) is 0 Å². The van der Waals surface area contributed by atoms with E-state index in [0.717, 1.165) is 57.8 Å². The molecule has 232 valence electrons. The van der Waals surface area contributed by atoms with E-state index in [9.17, 15) is 19.4 Å². The molecular weight excluding hydrogens is 515 g/mol. The summed E-state index contributed by atoms with van der Waals surface area (Å²) in [5, 5.41) is 13.6. The van der Waals surface area contributed by atoms with Crippen LogP contribution in [-0.2, 0) is 18.4 Å². The lowest BCUT2D eigenvalue weighted by Gasteiger charge is -2.25. The summed E-state index contributed by atoms with van der Waals surface area (Å²) in [5.41, 5.74) is 5.33. The topological polar surface area (TPSA) is 131 Å². The van der Waals surface area contributed by atoms with Crippen molar-refractivity contribution in [2.75, 3.05) is 19.8 Å². The summed E-state index contributed by atoms with van der Waals surface area (Å²) in [7, 11) is -4.29. The Balaban J connectivity index is 4.38. The average molecular weight is 577 g/mol. The summed E-state index contributed by atoms with van der Waals surface area (Å²) >= 11 is 0. The van der Waals surface area contributed by atoms with Gasteiger partial charge in [-0.3, -0.25) is 13.8 Å². The zero-order valence-electron chi connectivity index (χ0n) is 25.1. The number of hydrogen-bond acceptors (Lipinski definition) is 6. The fraction of sp³-hybridized carbons (Fsp3) is 0.900. The van der Waals surface area contributed by atoms with Crippen LogP contribution >= 0.6 is 7.82 Å². The van der Waals surface area contributed by atoms with Crippen LogP contribution in [0.25, 0.3) is 0 Å². The number of carbonyl (C=O) groups excluding carboxylic acids is 1. The maximum atomic E-state index is 12.6. The smallest absolute Gasteiger partial charge is 0.391 e.